The molecule has 0 heterocycles. The zero-order chi connectivity index (χ0) is 14.8. The van der Waals surface area contributed by atoms with Gasteiger partial charge in [-0.3, -0.25) is 0 Å². The summed E-state index contributed by atoms with van der Waals surface area (Å²) in [4.78, 5) is 11.1. The van der Waals surface area contributed by atoms with E-state index in [2.05, 4.69) is 9.46 Å². The van der Waals surface area contributed by atoms with Gasteiger partial charge in [-0.05, 0) is 18.1 Å². The van der Waals surface area contributed by atoms with Crippen molar-refractivity contribution < 1.29 is 23.1 Å². The lowest BCUT2D eigenvalue weighted by molar-refractivity contribution is 0.149. The summed E-state index contributed by atoms with van der Waals surface area (Å²) in [6.45, 7) is 1.63. The van der Waals surface area contributed by atoms with E-state index in [1.165, 1.54) is 0 Å². The SMILES string of the molecule is CCOC(=O)NS(=O)(=O)N[C@H]1c2ccccc2C[C@H]1O. The Kier molecular flexibility index (Phi) is 4.26. The summed E-state index contributed by atoms with van der Waals surface area (Å²) < 4.78 is 32.1. The summed E-state index contributed by atoms with van der Waals surface area (Å²) in [5.74, 6) is 0. The van der Waals surface area contributed by atoms with Gasteiger partial charge in [0.1, 0.15) is 0 Å². The molecule has 0 aromatic heterocycles. The predicted molar refractivity (Wildman–Crippen MR) is 71.1 cm³/mol. The summed E-state index contributed by atoms with van der Waals surface area (Å²) in [7, 11) is -4.10. The molecule has 0 spiro atoms. The maximum Gasteiger partial charge on any atom is 0.421 e. The van der Waals surface area contributed by atoms with Gasteiger partial charge in [-0.1, -0.05) is 24.3 Å². The van der Waals surface area contributed by atoms with Gasteiger partial charge in [0.2, 0.25) is 0 Å². The van der Waals surface area contributed by atoms with E-state index in [-0.39, 0.29) is 6.61 Å². The van der Waals surface area contributed by atoms with E-state index in [9.17, 15) is 18.3 Å². The molecule has 1 aliphatic rings. The maximum atomic E-state index is 11.8. The lowest BCUT2D eigenvalue weighted by Crippen LogP contribution is -2.44. The molecule has 1 aromatic carbocycles. The average molecular weight is 300 g/mol. The Morgan fingerprint density at radius 3 is 2.85 bits per heavy atom. The normalized spacial score (nSPS) is 21.3. The van der Waals surface area contributed by atoms with Crippen LogP contribution in [0.1, 0.15) is 24.1 Å². The molecule has 7 nitrogen and oxygen atoms in total. The molecule has 20 heavy (non-hydrogen) atoms. The number of amides is 1. The predicted octanol–water partition coefficient (Wildman–Crippen LogP) is 0.225. The van der Waals surface area contributed by atoms with Crippen LogP contribution in [0.25, 0.3) is 0 Å². The number of hydrogen-bond acceptors (Lipinski definition) is 5. The second kappa shape index (κ2) is 5.78. The lowest BCUT2D eigenvalue weighted by atomic mass is 10.1. The summed E-state index contributed by atoms with van der Waals surface area (Å²) in [6, 6.07) is 6.36. The van der Waals surface area contributed by atoms with Crippen molar-refractivity contribution in [2.45, 2.75) is 25.5 Å². The third kappa shape index (κ3) is 3.27. The Balaban J connectivity index is 2.12. The largest absolute Gasteiger partial charge is 0.449 e. The second-order valence-corrected chi connectivity index (χ2v) is 5.84. The van der Waals surface area contributed by atoms with E-state index in [0.717, 1.165) is 5.56 Å². The highest BCUT2D eigenvalue weighted by Gasteiger charge is 2.34. The Bertz CT molecular complexity index is 602. The summed E-state index contributed by atoms with van der Waals surface area (Å²) >= 11 is 0. The van der Waals surface area contributed by atoms with Gasteiger partial charge < -0.3 is 9.84 Å². The molecule has 1 aliphatic carbocycles. The van der Waals surface area contributed by atoms with Gasteiger partial charge >= 0.3 is 16.3 Å². The van der Waals surface area contributed by atoms with Gasteiger partial charge in [0.25, 0.3) is 0 Å². The zero-order valence-corrected chi connectivity index (χ0v) is 11.7. The molecule has 110 valence electrons. The first-order valence-corrected chi connectivity index (χ1v) is 7.64. The molecule has 0 saturated carbocycles. The van der Waals surface area contributed by atoms with E-state index in [0.29, 0.717) is 12.0 Å². The molecule has 0 radical (unpaired) electrons. The molecule has 8 heteroatoms. The van der Waals surface area contributed by atoms with Crippen LogP contribution in [0.5, 0.6) is 0 Å². The van der Waals surface area contributed by atoms with Gasteiger partial charge in [0.15, 0.2) is 0 Å². The fourth-order valence-electron chi connectivity index (χ4n) is 2.18. The van der Waals surface area contributed by atoms with Crippen molar-refractivity contribution in [2.75, 3.05) is 6.61 Å². The fraction of sp³-hybridized carbons (Fsp3) is 0.417. The van der Waals surface area contributed by atoms with Crippen LogP contribution in [0.15, 0.2) is 24.3 Å². The molecule has 0 fully saturated rings. The van der Waals surface area contributed by atoms with Crippen molar-refractivity contribution >= 4 is 16.3 Å². The Morgan fingerprint density at radius 2 is 2.15 bits per heavy atom. The minimum Gasteiger partial charge on any atom is -0.449 e. The molecule has 1 amide bonds. The molecule has 0 bridgehead atoms. The minimum absolute atomic E-state index is 0.0657. The summed E-state index contributed by atoms with van der Waals surface area (Å²) in [5.41, 5.74) is 1.58. The monoisotopic (exact) mass is 300 g/mol. The topological polar surface area (TPSA) is 105 Å². The number of fused-ring (bicyclic) bond motifs is 1. The second-order valence-electron chi connectivity index (χ2n) is 4.39. The third-order valence-electron chi connectivity index (χ3n) is 2.98. The minimum atomic E-state index is -4.10. The number of hydrogen-bond donors (Lipinski definition) is 3. The lowest BCUT2D eigenvalue weighted by Gasteiger charge is -2.18. The van der Waals surface area contributed by atoms with Crippen molar-refractivity contribution in [1.82, 2.24) is 9.44 Å². The van der Waals surface area contributed by atoms with Crippen LogP contribution < -0.4 is 9.44 Å². The number of carbonyl (C=O) groups is 1. The number of aliphatic hydroxyl groups is 1. The number of carbonyl (C=O) groups excluding carboxylic acids is 1. The molecule has 0 unspecified atom stereocenters. The maximum absolute atomic E-state index is 11.8. The van der Waals surface area contributed by atoms with Crippen LogP contribution >= 0.6 is 0 Å². The Labute approximate surface area is 117 Å². The molecular weight excluding hydrogens is 284 g/mol. The van der Waals surface area contributed by atoms with Crippen molar-refractivity contribution in [3.63, 3.8) is 0 Å². The van der Waals surface area contributed by atoms with Crippen LogP contribution in [-0.2, 0) is 21.4 Å². The highest BCUT2D eigenvalue weighted by molar-refractivity contribution is 7.88. The molecule has 1 aromatic rings. The third-order valence-corrected chi connectivity index (χ3v) is 3.98. The number of rotatable bonds is 4. The highest BCUT2D eigenvalue weighted by Crippen LogP contribution is 2.31. The van der Waals surface area contributed by atoms with Gasteiger partial charge in [-0.25, -0.2) is 9.52 Å². The van der Waals surface area contributed by atoms with Crippen LogP contribution in [0.4, 0.5) is 4.79 Å². The van der Waals surface area contributed by atoms with Crippen LogP contribution in [0.2, 0.25) is 0 Å². The molecule has 0 aliphatic heterocycles. The standard InChI is InChI=1S/C12H16N2O5S/c1-2-19-12(16)14-20(17,18)13-11-9-6-4-3-5-8(9)7-10(11)15/h3-6,10-11,13,15H,2,7H2,1H3,(H,14,16)/t10-,11+/m1/s1. The van der Waals surface area contributed by atoms with E-state index in [1.54, 1.807) is 23.8 Å². The van der Waals surface area contributed by atoms with Crippen molar-refractivity contribution in [3.05, 3.63) is 35.4 Å². The highest BCUT2D eigenvalue weighted by atomic mass is 32.2. The zero-order valence-electron chi connectivity index (χ0n) is 10.9. The van der Waals surface area contributed by atoms with E-state index < -0.39 is 28.4 Å². The summed E-state index contributed by atoms with van der Waals surface area (Å²) in [5, 5.41) is 9.94. The Hall–Kier alpha value is -1.64. The Morgan fingerprint density at radius 1 is 1.45 bits per heavy atom. The van der Waals surface area contributed by atoms with Crippen LogP contribution in [0, 0.1) is 0 Å². The van der Waals surface area contributed by atoms with E-state index >= 15 is 0 Å². The van der Waals surface area contributed by atoms with Gasteiger partial charge in [0, 0.05) is 6.42 Å². The molecule has 0 saturated heterocycles. The molecule has 2 atom stereocenters. The van der Waals surface area contributed by atoms with Crippen molar-refractivity contribution in [3.8, 4) is 0 Å². The number of benzene rings is 1. The van der Waals surface area contributed by atoms with Crippen LogP contribution in [-0.4, -0.2) is 32.3 Å². The quantitative estimate of drug-likeness (QED) is 0.738. The number of ether oxygens (including phenoxy) is 1. The first kappa shape index (κ1) is 14.8. The summed E-state index contributed by atoms with van der Waals surface area (Å²) in [6.07, 6.45) is -1.56. The van der Waals surface area contributed by atoms with Gasteiger partial charge in [-0.15, -0.1) is 0 Å². The van der Waals surface area contributed by atoms with Crippen molar-refractivity contribution in [1.29, 1.82) is 0 Å². The number of aliphatic hydroxyl groups excluding tert-OH is 1. The fourth-order valence-corrected chi connectivity index (χ4v) is 3.14. The number of nitrogens with one attached hydrogen (secondary N) is 2. The first-order valence-electron chi connectivity index (χ1n) is 6.15. The average Bonchev–Trinajstić information content (AvgIpc) is 2.65. The smallest absolute Gasteiger partial charge is 0.421 e. The van der Waals surface area contributed by atoms with Gasteiger partial charge in [-0.2, -0.15) is 13.1 Å². The van der Waals surface area contributed by atoms with E-state index in [4.69, 9.17) is 0 Å². The molecule has 3 N–H and O–H groups in total. The van der Waals surface area contributed by atoms with Gasteiger partial charge in [0.05, 0.1) is 18.8 Å². The first-order chi connectivity index (χ1) is 9.43. The molecule has 2 rings (SSSR count). The van der Waals surface area contributed by atoms with Crippen LogP contribution in [0.3, 0.4) is 0 Å². The van der Waals surface area contributed by atoms with Crippen molar-refractivity contribution in [2.24, 2.45) is 0 Å². The molecular formula is C12H16N2O5S. The van der Waals surface area contributed by atoms with E-state index in [1.807, 2.05) is 12.1 Å².